The maximum atomic E-state index is 12.0. The first-order valence-corrected chi connectivity index (χ1v) is 5.84. The minimum atomic E-state index is 0.187. The second-order valence-corrected chi connectivity index (χ2v) is 4.71. The van der Waals surface area contributed by atoms with E-state index < -0.39 is 0 Å². The molecular weight excluding hydrogens is 198 g/mol. The van der Waals surface area contributed by atoms with Crippen LogP contribution in [-0.2, 0) is 4.79 Å². The average Bonchev–Trinajstić information content (AvgIpc) is 2.28. The fourth-order valence-corrected chi connectivity index (χ4v) is 1.44. The minimum absolute atomic E-state index is 0.187. The minimum Gasteiger partial charge on any atom is -0.315 e. The van der Waals surface area contributed by atoms with Crippen molar-refractivity contribution in [3.63, 3.8) is 0 Å². The maximum absolute atomic E-state index is 12.0. The summed E-state index contributed by atoms with van der Waals surface area (Å²) in [5, 5.41) is 0. The Balaban J connectivity index is 2.62. The van der Waals surface area contributed by atoms with Crippen molar-refractivity contribution in [2.24, 2.45) is 11.8 Å². The molecular formula is C14H21NO. The van der Waals surface area contributed by atoms with Crippen LogP contribution >= 0.6 is 0 Å². The summed E-state index contributed by atoms with van der Waals surface area (Å²) in [7, 11) is 1.84. The van der Waals surface area contributed by atoms with Crippen molar-refractivity contribution in [1.82, 2.24) is 0 Å². The first kappa shape index (κ1) is 12.8. The van der Waals surface area contributed by atoms with Gasteiger partial charge in [-0.1, -0.05) is 39.0 Å². The number of nitrogens with zero attached hydrogens (tertiary/aromatic N) is 1. The van der Waals surface area contributed by atoms with Gasteiger partial charge >= 0.3 is 0 Å². The molecule has 0 bridgehead atoms. The third kappa shape index (κ3) is 3.37. The highest BCUT2D eigenvalue weighted by Crippen LogP contribution is 2.18. The Hall–Kier alpha value is -1.31. The molecule has 0 aromatic heterocycles. The monoisotopic (exact) mass is 219 g/mol. The van der Waals surface area contributed by atoms with E-state index in [1.807, 2.05) is 37.4 Å². The topological polar surface area (TPSA) is 20.3 Å². The smallest absolute Gasteiger partial charge is 0.226 e. The molecule has 1 aromatic rings. The molecule has 16 heavy (non-hydrogen) atoms. The molecule has 1 atom stereocenters. The number of hydrogen-bond donors (Lipinski definition) is 0. The first-order chi connectivity index (χ1) is 7.52. The zero-order valence-electron chi connectivity index (χ0n) is 10.6. The molecule has 0 N–H and O–H groups in total. The van der Waals surface area contributed by atoms with Crippen LogP contribution in [0.2, 0.25) is 0 Å². The number of hydrogen-bond acceptors (Lipinski definition) is 1. The lowest BCUT2D eigenvalue weighted by Crippen LogP contribution is -2.28. The molecule has 0 aliphatic heterocycles. The lowest BCUT2D eigenvalue weighted by Gasteiger charge is -2.21. The SMILES string of the molecule is CC(C)C(C)CC(=O)N(C)c1ccccc1. The molecule has 2 nitrogen and oxygen atoms in total. The zero-order chi connectivity index (χ0) is 12.1. The summed E-state index contributed by atoms with van der Waals surface area (Å²) in [6, 6.07) is 9.77. The average molecular weight is 219 g/mol. The highest BCUT2D eigenvalue weighted by atomic mass is 16.2. The number of carbonyl (C=O) groups excluding carboxylic acids is 1. The van der Waals surface area contributed by atoms with E-state index in [4.69, 9.17) is 0 Å². The zero-order valence-corrected chi connectivity index (χ0v) is 10.6. The molecule has 1 rings (SSSR count). The fourth-order valence-electron chi connectivity index (χ4n) is 1.44. The van der Waals surface area contributed by atoms with Crippen LogP contribution in [0.1, 0.15) is 27.2 Å². The first-order valence-electron chi connectivity index (χ1n) is 5.84. The third-order valence-electron chi connectivity index (χ3n) is 3.15. The molecule has 0 spiro atoms. The van der Waals surface area contributed by atoms with Crippen LogP contribution in [0.4, 0.5) is 5.69 Å². The number of para-hydroxylation sites is 1. The van der Waals surface area contributed by atoms with Gasteiger partial charge in [0.05, 0.1) is 0 Å². The Kier molecular flexibility index (Phi) is 4.53. The van der Waals surface area contributed by atoms with Gasteiger partial charge < -0.3 is 4.90 Å². The van der Waals surface area contributed by atoms with Gasteiger partial charge in [0.15, 0.2) is 0 Å². The third-order valence-corrected chi connectivity index (χ3v) is 3.15. The van der Waals surface area contributed by atoms with Crippen molar-refractivity contribution in [1.29, 1.82) is 0 Å². The summed E-state index contributed by atoms with van der Waals surface area (Å²) >= 11 is 0. The Labute approximate surface area is 98.3 Å². The van der Waals surface area contributed by atoms with Gasteiger partial charge in [0.25, 0.3) is 0 Å². The van der Waals surface area contributed by atoms with Crippen LogP contribution in [0.25, 0.3) is 0 Å². The van der Waals surface area contributed by atoms with Gasteiger partial charge in [0.1, 0.15) is 0 Å². The van der Waals surface area contributed by atoms with Crippen LogP contribution in [0, 0.1) is 11.8 Å². The molecule has 1 unspecified atom stereocenters. The van der Waals surface area contributed by atoms with Crippen LogP contribution in [0.3, 0.4) is 0 Å². The quantitative estimate of drug-likeness (QED) is 0.760. The van der Waals surface area contributed by atoms with Gasteiger partial charge in [-0.15, -0.1) is 0 Å². The van der Waals surface area contributed by atoms with Gasteiger partial charge in [-0.2, -0.15) is 0 Å². The second-order valence-electron chi connectivity index (χ2n) is 4.71. The number of carbonyl (C=O) groups is 1. The summed E-state index contributed by atoms with van der Waals surface area (Å²) in [6.45, 7) is 6.43. The van der Waals surface area contributed by atoms with Crippen LogP contribution in [-0.4, -0.2) is 13.0 Å². The standard InChI is InChI=1S/C14H21NO/c1-11(2)12(3)10-14(16)15(4)13-8-6-5-7-9-13/h5-9,11-12H,10H2,1-4H3. The molecule has 2 heteroatoms. The summed E-state index contributed by atoms with van der Waals surface area (Å²) in [4.78, 5) is 13.7. The number of amides is 1. The van der Waals surface area contributed by atoms with E-state index in [0.29, 0.717) is 18.3 Å². The number of benzene rings is 1. The Morgan fingerprint density at radius 3 is 2.25 bits per heavy atom. The Morgan fingerprint density at radius 1 is 1.19 bits per heavy atom. The Bertz CT molecular complexity index is 332. The molecule has 0 aliphatic rings. The van der Waals surface area contributed by atoms with Gasteiger partial charge in [-0.25, -0.2) is 0 Å². The summed E-state index contributed by atoms with van der Waals surface area (Å²) in [5.41, 5.74) is 0.962. The highest BCUT2D eigenvalue weighted by molar-refractivity contribution is 5.92. The largest absolute Gasteiger partial charge is 0.315 e. The lowest BCUT2D eigenvalue weighted by molar-refractivity contribution is -0.119. The summed E-state index contributed by atoms with van der Waals surface area (Å²) in [6.07, 6.45) is 0.614. The van der Waals surface area contributed by atoms with Crippen molar-refractivity contribution in [2.45, 2.75) is 27.2 Å². The van der Waals surface area contributed by atoms with Gasteiger partial charge in [-0.3, -0.25) is 4.79 Å². The molecule has 0 fully saturated rings. The second kappa shape index (κ2) is 5.69. The van der Waals surface area contributed by atoms with E-state index in [0.717, 1.165) is 5.69 Å². The normalized spacial score (nSPS) is 12.6. The van der Waals surface area contributed by atoms with Crippen LogP contribution in [0.15, 0.2) is 30.3 Å². The number of rotatable bonds is 4. The molecule has 0 aliphatic carbocycles. The van der Waals surface area contributed by atoms with Crippen molar-refractivity contribution >= 4 is 11.6 Å². The van der Waals surface area contributed by atoms with Crippen LogP contribution in [0.5, 0.6) is 0 Å². The van der Waals surface area contributed by atoms with E-state index in [9.17, 15) is 4.79 Å². The lowest BCUT2D eigenvalue weighted by atomic mass is 9.94. The van der Waals surface area contributed by atoms with E-state index >= 15 is 0 Å². The molecule has 1 aromatic carbocycles. The van der Waals surface area contributed by atoms with Crippen molar-refractivity contribution in [2.75, 3.05) is 11.9 Å². The van der Waals surface area contributed by atoms with E-state index in [-0.39, 0.29) is 5.91 Å². The predicted molar refractivity (Wildman–Crippen MR) is 68.5 cm³/mol. The van der Waals surface area contributed by atoms with E-state index in [2.05, 4.69) is 20.8 Å². The van der Waals surface area contributed by atoms with E-state index in [1.54, 1.807) is 4.90 Å². The highest BCUT2D eigenvalue weighted by Gasteiger charge is 2.16. The van der Waals surface area contributed by atoms with Crippen LogP contribution < -0.4 is 4.90 Å². The van der Waals surface area contributed by atoms with Gasteiger partial charge in [0, 0.05) is 19.2 Å². The van der Waals surface area contributed by atoms with Crippen molar-refractivity contribution in [3.8, 4) is 0 Å². The molecule has 0 saturated carbocycles. The predicted octanol–water partition coefficient (Wildman–Crippen LogP) is 3.33. The molecule has 0 radical (unpaired) electrons. The van der Waals surface area contributed by atoms with Crippen molar-refractivity contribution in [3.05, 3.63) is 30.3 Å². The van der Waals surface area contributed by atoms with E-state index in [1.165, 1.54) is 0 Å². The summed E-state index contributed by atoms with van der Waals surface area (Å²) < 4.78 is 0. The molecule has 88 valence electrons. The number of anilines is 1. The summed E-state index contributed by atoms with van der Waals surface area (Å²) in [5.74, 6) is 1.17. The molecule has 0 saturated heterocycles. The van der Waals surface area contributed by atoms with Crippen molar-refractivity contribution < 1.29 is 4.79 Å². The molecule has 0 heterocycles. The van der Waals surface area contributed by atoms with Gasteiger partial charge in [-0.05, 0) is 24.0 Å². The maximum Gasteiger partial charge on any atom is 0.226 e. The fraction of sp³-hybridized carbons (Fsp3) is 0.500. The molecule has 1 amide bonds. The Morgan fingerprint density at radius 2 is 1.75 bits per heavy atom. The van der Waals surface area contributed by atoms with Gasteiger partial charge in [0.2, 0.25) is 5.91 Å².